The Labute approximate surface area is 268 Å². The molecular weight excluding hydrogens is 621 g/mol. The van der Waals surface area contributed by atoms with E-state index in [-0.39, 0.29) is 24.6 Å². The number of halogens is 2. The fraction of sp³-hybridized carbons (Fsp3) is 0.212. The predicted molar refractivity (Wildman–Crippen MR) is 175 cm³/mol. The van der Waals surface area contributed by atoms with Gasteiger partial charge in [-0.15, -0.1) is 0 Å². The van der Waals surface area contributed by atoms with Gasteiger partial charge in [0.15, 0.2) is 0 Å². The van der Waals surface area contributed by atoms with Gasteiger partial charge in [0.1, 0.15) is 24.1 Å². The molecule has 8 nitrogen and oxygen atoms in total. The van der Waals surface area contributed by atoms with Gasteiger partial charge in [0, 0.05) is 29.6 Å². The van der Waals surface area contributed by atoms with E-state index in [2.05, 4.69) is 5.32 Å². The molecule has 11 heteroatoms. The Morgan fingerprint density at radius 1 is 0.864 bits per heavy atom. The highest BCUT2D eigenvalue weighted by molar-refractivity contribution is 7.92. The zero-order valence-electron chi connectivity index (χ0n) is 24.3. The first-order valence-electron chi connectivity index (χ1n) is 13.9. The lowest BCUT2D eigenvalue weighted by Crippen LogP contribution is -2.53. The van der Waals surface area contributed by atoms with Crippen LogP contribution in [-0.2, 0) is 32.6 Å². The second-order valence-electron chi connectivity index (χ2n) is 10.0. The van der Waals surface area contributed by atoms with Crippen molar-refractivity contribution in [3.05, 3.63) is 124 Å². The summed E-state index contributed by atoms with van der Waals surface area (Å²) in [6.45, 7) is 1.54. The molecule has 0 saturated heterocycles. The molecule has 0 saturated carbocycles. The summed E-state index contributed by atoms with van der Waals surface area (Å²) in [6.07, 6.45) is 1.23. The monoisotopic (exact) mass is 653 g/mol. The summed E-state index contributed by atoms with van der Waals surface area (Å²) >= 11 is 12.6. The molecule has 0 aromatic heterocycles. The van der Waals surface area contributed by atoms with Crippen molar-refractivity contribution >= 4 is 50.7 Å². The van der Waals surface area contributed by atoms with Crippen molar-refractivity contribution in [2.75, 3.05) is 23.7 Å². The first-order valence-corrected chi connectivity index (χ1v) is 16.5. The van der Waals surface area contributed by atoms with Gasteiger partial charge in [-0.25, -0.2) is 8.42 Å². The van der Waals surface area contributed by atoms with Gasteiger partial charge >= 0.3 is 0 Å². The van der Waals surface area contributed by atoms with Crippen LogP contribution < -0.4 is 14.4 Å². The molecule has 4 aromatic rings. The van der Waals surface area contributed by atoms with Crippen LogP contribution in [0.4, 0.5) is 5.69 Å². The number of carbonyl (C=O) groups is 2. The second-order valence-corrected chi connectivity index (χ2v) is 12.8. The maximum atomic E-state index is 14.2. The summed E-state index contributed by atoms with van der Waals surface area (Å²) in [4.78, 5) is 29.0. The van der Waals surface area contributed by atoms with Gasteiger partial charge in [-0.3, -0.25) is 13.9 Å². The molecule has 0 radical (unpaired) electrons. The van der Waals surface area contributed by atoms with Crippen LogP contribution >= 0.6 is 23.2 Å². The number of nitrogens with zero attached hydrogens (tertiary/aromatic N) is 2. The number of rotatable bonds is 13. The Morgan fingerprint density at radius 3 is 2.07 bits per heavy atom. The maximum absolute atomic E-state index is 14.2. The average Bonchev–Trinajstić information content (AvgIpc) is 2.99. The van der Waals surface area contributed by atoms with Crippen molar-refractivity contribution in [1.29, 1.82) is 0 Å². The molecule has 0 aliphatic rings. The summed E-state index contributed by atoms with van der Waals surface area (Å²) in [5.74, 6) is 0.168. The van der Waals surface area contributed by atoms with Gasteiger partial charge in [-0.05, 0) is 66.6 Å². The molecule has 4 aromatic carbocycles. The SMILES string of the molecule is CCNC(=O)[C@@H](Cc1ccccc1)N(Cc1ccc(Cl)cc1Cl)C(=O)CN(c1ccc(Oc2ccccc2)cc1)S(C)(=O)=O. The Morgan fingerprint density at radius 2 is 1.48 bits per heavy atom. The van der Waals surface area contributed by atoms with Crippen LogP contribution in [0.25, 0.3) is 0 Å². The normalized spacial score (nSPS) is 11.8. The summed E-state index contributed by atoms with van der Waals surface area (Å²) in [6, 6.07) is 28.8. The number of carbonyl (C=O) groups excluding carboxylic acids is 2. The first kappa shape index (κ1) is 32.9. The molecule has 0 fully saturated rings. The number of ether oxygens (including phenoxy) is 1. The third-order valence-corrected chi connectivity index (χ3v) is 8.49. The van der Waals surface area contributed by atoms with Gasteiger partial charge in [-0.1, -0.05) is 77.8 Å². The van der Waals surface area contributed by atoms with E-state index in [0.29, 0.717) is 33.7 Å². The number of para-hydroxylation sites is 1. The number of likely N-dealkylation sites (N-methyl/N-ethyl adjacent to an activating group) is 1. The predicted octanol–water partition coefficient (Wildman–Crippen LogP) is 6.33. The first-order chi connectivity index (χ1) is 21.0. The number of nitrogens with one attached hydrogen (secondary N) is 1. The molecule has 1 atom stereocenters. The minimum Gasteiger partial charge on any atom is -0.457 e. The van der Waals surface area contributed by atoms with E-state index in [1.807, 2.05) is 48.5 Å². The number of sulfonamides is 1. The van der Waals surface area contributed by atoms with Crippen LogP contribution in [0.2, 0.25) is 10.0 Å². The van der Waals surface area contributed by atoms with Crippen LogP contribution in [0.15, 0.2) is 103 Å². The third-order valence-electron chi connectivity index (χ3n) is 6.76. The largest absolute Gasteiger partial charge is 0.457 e. The highest BCUT2D eigenvalue weighted by atomic mass is 35.5. The summed E-state index contributed by atoms with van der Waals surface area (Å²) in [7, 11) is -3.92. The van der Waals surface area contributed by atoms with E-state index < -0.39 is 28.5 Å². The molecule has 0 spiro atoms. The van der Waals surface area contributed by atoms with E-state index in [0.717, 1.165) is 16.1 Å². The van der Waals surface area contributed by atoms with Crippen molar-refractivity contribution < 1.29 is 22.7 Å². The number of benzene rings is 4. The fourth-order valence-corrected chi connectivity index (χ4v) is 5.92. The molecular formula is C33H33Cl2N3O5S. The molecule has 44 heavy (non-hydrogen) atoms. The highest BCUT2D eigenvalue weighted by Gasteiger charge is 2.33. The number of amides is 2. The lowest BCUT2D eigenvalue weighted by Gasteiger charge is -2.33. The number of hydrogen-bond acceptors (Lipinski definition) is 5. The van der Waals surface area contributed by atoms with Crippen molar-refractivity contribution in [1.82, 2.24) is 10.2 Å². The number of hydrogen-bond donors (Lipinski definition) is 1. The number of anilines is 1. The van der Waals surface area contributed by atoms with E-state index in [9.17, 15) is 18.0 Å². The molecule has 0 aliphatic heterocycles. The van der Waals surface area contributed by atoms with Gasteiger partial charge in [-0.2, -0.15) is 0 Å². The highest BCUT2D eigenvalue weighted by Crippen LogP contribution is 2.27. The van der Waals surface area contributed by atoms with Crippen molar-refractivity contribution in [3.8, 4) is 11.5 Å². The smallest absolute Gasteiger partial charge is 0.244 e. The summed E-state index contributed by atoms with van der Waals surface area (Å²) < 4.78 is 32.9. The Kier molecular flexibility index (Phi) is 11.3. The maximum Gasteiger partial charge on any atom is 0.244 e. The molecule has 0 bridgehead atoms. The molecule has 0 unspecified atom stereocenters. The van der Waals surface area contributed by atoms with Crippen molar-refractivity contribution in [3.63, 3.8) is 0 Å². The third kappa shape index (κ3) is 8.98. The van der Waals surface area contributed by atoms with Crippen LogP contribution in [0.3, 0.4) is 0 Å². The molecule has 0 aliphatic carbocycles. The fourth-order valence-electron chi connectivity index (χ4n) is 4.60. The molecule has 2 amide bonds. The molecule has 1 N–H and O–H groups in total. The van der Waals surface area contributed by atoms with E-state index in [1.165, 1.54) is 4.90 Å². The zero-order chi connectivity index (χ0) is 31.7. The van der Waals surface area contributed by atoms with Gasteiger partial charge in [0.05, 0.1) is 11.9 Å². The standard InChI is InChI=1S/C33H33Cl2N3O5S/c1-3-36-33(40)31(20-24-10-6-4-7-11-24)37(22-25-14-15-26(34)21-30(25)35)32(39)23-38(44(2,41)42)27-16-18-29(19-17-27)43-28-12-8-5-9-13-28/h4-19,21,31H,3,20,22-23H2,1-2H3,(H,36,40)/t31-/m1/s1. The van der Waals surface area contributed by atoms with E-state index in [1.54, 1.807) is 61.5 Å². The van der Waals surface area contributed by atoms with Crippen molar-refractivity contribution in [2.45, 2.75) is 25.9 Å². The Hall–Kier alpha value is -4.05. The van der Waals surface area contributed by atoms with E-state index in [4.69, 9.17) is 27.9 Å². The minimum atomic E-state index is -3.92. The van der Waals surface area contributed by atoms with Gasteiger partial charge in [0.2, 0.25) is 21.8 Å². The minimum absolute atomic E-state index is 0.0507. The Bertz CT molecular complexity index is 1670. The summed E-state index contributed by atoms with van der Waals surface area (Å²) in [5, 5.41) is 3.56. The molecule has 0 heterocycles. The van der Waals surface area contributed by atoms with Gasteiger partial charge in [0.25, 0.3) is 0 Å². The van der Waals surface area contributed by atoms with Crippen LogP contribution in [0.5, 0.6) is 11.5 Å². The molecule has 230 valence electrons. The second kappa shape index (κ2) is 15.1. The van der Waals surface area contributed by atoms with Crippen molar-refractivity contribution in [2.24, 2.45) is 0 Å². The summed E-state index contributed by atoms with van der Waals surface area (Å²) in [5.41, 5.74) is 1.65. The quantitative estimate of drug-likeness (QED) is 0.182. The average molecular weight is 655 g/mol. The lowest BCUT2D eigenvalue weighted by atomic mass is 10.0. The lowest BCUT2D eigenvalue weighted by molar-refractivity contribution is -0.140. The topological polar surface area (TPSA) is 96.0 Å². The van der Waals surface area contributed by atoms with E-state index >= 15 is 0 Å². The van der Waals surface area contributed by atoms with Crippen LogP contribution in [-0.4, -0.2) is 50.5 Å². The van der Waals surface area contributed by atoms with Crippen LogP contribution in [0.1, 0.15) is 18.1 Å². The zero-order valence-corrected chi connectivity index (χ0v) is 26.6. The van der Waals surface area contributed by atoms with Gasteiger partial charge < -0.3 is 15.0 Å². The molecule has 4 rings (SSSR count). The Balaban J connectivity index is 1.68. The van der Waals surface area contributed by atoms with Crippen LogP contribution in [0, 0.1) is 0 Å².